The molecule has 0 fully saturated rings. The molecule has 0 aliphatic carbocycles. The van der Waals surface area contributed by atoms with E-state index in [1.807, 2.05) is 26.0 Å². The Balaban J connectivity index is 2.26. The van der Waals surface area contributed by atoms with Crippen molar-refractivity contribution in [2.24, 2.45) is 0 Å². The van der Waals surface area contributed by atoms with Gasteiger partial charge in [0.15, 0.2) is 11.5 Å². The van der Waals surface area contributed by atoms with Crippen LogP contribution in [0, 0.1) is 0 Å². The van der Waals surface area contributed by atoms with Gasteiger partial charge in [0.05, 0.1) is 19.8 Å². The smallest absolute Gasteiger partial charge is 0.166 e. The molecule has 0 aliphatic heterocycles. The molecule has 1 N–H and O–H groups in total. The molecule has 7 heteroatoms. The molecule has 0 saturated carbocycles. The van der Waals surface area contributed by atoms with Crippen LogP contribution in [0.15, 0.2) is 29.3 Å². The minimum Gasteiger partial charge on any atom is -0.493 e. The van der Waals surface area contributed by atoms with Gasteiger partial charge in [-0.3, -0.25) is 0 Å². The number of rotatable bonds is 6. The van der Waals surface area contributed by atoms with Crippen LogP contribution in [-0.2, 0) is 6.54 Å². The second-order valence-corrected chi connectivity index (χ2v) is 5.38. The molecule has 0 bridgehead atoms. The van der Waals surface area contributed by atoms with Crippen molar-refractivity contribution in [3.63, 3.8) is 0 Å². The summed E-state index contributed by atoms with van der Waals surface area (Å²) in [7, 11) is 1.63. The molecule has 0 saturated heterocycles. The lowest BCUT2D eigenvalue weighted by Gasteiger charge is -2.18. The van der Waals surface area contributed by atoms with Crippen LogP contribution in [0.5, 0.6) is 11.5 Å². The van der Waals surface area contributed by atoms with Crippen molar-refractivity contribution in [2.45, 2.75) is 26.5 Å². The first-order chi connectivity index (χ1) is 9.60. The van der Waals surface area contributed by atoms with Crippen LogP contribution in [0.4, 0.5) is 0 Å². The number of hydrogen-bond acceptors (Lipinski definition) is 5. The molecule has 20 heavy (non-hydrogen) atoms. The van der Waals surface area contributed by atoms with Gasteiger partial charge >= 0.3 is 0 Å². The van der Waals surface area contributed by atoms with E-state index in [-0.39, 0.29) is 6.10 Å². The highest BCUT2D eigenvalue weighted by atomic mass is 79.9. The van der Waals surface area contributed by atoms with Gasteiger partial charge in [-0.1, -0.05) is 15.9 Å². The maximum atomic E-state index is 5.87. The highest BCUT2D eigenvalue weighted by molar-refractivity contribution is 9.10. The summed E-state index contributed by atoms with van der Waals surface area (Å²) in [5, 5.41) is 7.48. The number of benzene rings is 1. The fraction of sp³-hybridized carbons (Fsp3) is 0.385. The number of halogens is 1. The first-order valence-corrected chi connectivity index (χ1v) is 7.01. The van der Waals surface area contributed by atoms with E-state index in [1.54, 1.807) is 24.4 Å². The molecule has 1 aromatic carbocycles. The lowest BCUT2D eigenvalue weighted by Crippen LogP contribution is -2.15. The Hall–Kier alpha value is -1.76. The Kier molecular flexibility index (Phi) is 4.84. The van der Waals surface area contributed by atoms with Crippen LogP contribution >= 0.6 is 15.9 Å². The number of ether oxygens (including phenoxy) is 2. The molecule has 2 aromatic rings. The summed E-state index contributed by atoms with van der Waals surface area (Å²) in [5.74, 6) is 1.44. The fourth-order valence-corrected chi connectivity index (χ4v) is 2.22. The zero-order valence-corrected chi connectivity index (χ0v) is 13.2. The van der Waals surface area contributed by atoms with Crippen LogP contribution in [0.25, 0.3) is 0 Å². The van der Waals surface area contributed by atoms with Gasteiger partial charge in [-0.15, -0.1) is 10.2 Å². The molecular formula is C13H17BrN4O2. The van der Waals surface area contributed by atoms with E-state index in [0.717, 1.165) is 15.8 Å². The maximum Gasteiger partial charge on any atom is 0.166 e. The van der Waals surface area contributed by atoms with Gasteiger partial charge in [-0.2, -0.15) is 0 Å². The predicted molar refractivity (Wildman–Crippen MR) is 79.5 cm³/mol. The third-order valence-corrected chi connectivity index (χ3v) is 3.00. The van der Waals surface area contributed by atoms with Crippen molar-refractivity contribution < 1.29 is 9.47 Å². The Morgan fingerprint density at radius 3 is 2.60 bits per heavy atom. The molecule has 0 radical (unpaired) electrons. The molecule has 0 atom stereocenters. The van der Waals surface area contributed by atoms with Crippen LogP contribution in [-0.4, -0.2) is 28.1 Å². The third-order valence-electron chi connectivity index (χ3n) is 2.54. The van der Waals surface area contributed by atoms with Crippen molar-refractivity contribution in [1.29, 1.82) is 0 Å². The lowest BCUT2D eigenvalue weighted by atomic mass is 10.2. The molecule has 108 valence electrons. The minimum atomic E-state index is 0.0683. The monoisotopic (exact) mass is 340 g/mol. The molecule has 0 aliphatic rings. The number of methoxy groups -OCH3 is 1. The van der Waals surface area contributed by atoms with E-state index < -0.39 is 0 Å². The van der Waals surface area contributed by atoms with E-state index in [2.05, 4.69) is 31.6 Å². The van der Waals surface area contributed by atoms with Crippen LogP contribution in [0.1, 0.15) is 19.4 Å². The van der Waals surface area contributed by atoms with E-state index >= 15 is 0 Å². The van der Waals surface area contributed by atoms with Crippen LogP contribution in [0.2, 0.25) is 0 Å². The van der Waals surface area contributed by atoms with Crippen molar-refractivity contribution in [3.05, 3.63) is 34.8 Å². The molecule has 1 aromatic heterocycles. The molecule has 1 heterocycles. The first kappa shape index (κ1) is 14.6. The summed E-state index contributed by atoms with van der Waals surface area (Å²) in [6.07, 6.45) is 3.26. The Bertz CT molecular complexity index is 558. The highest BCUT2D eigenvalue weighted by Crippen LogP contribution is 2.35. The van der Waals surface area contributed by atoms with E-state index in [0.29, 0.717) is 12.3 Å². The number of hydrogen-bond donors (Lipinski definition) is 1. The predicted octanol–water partition coefficient (Wildman–Crippen LogP) is 2.58. The average molecular weight is 341 g/mol. The van der Waals surface area contributed by atoms with Gasteiger partial charge in [0.1, 0.15) is 12.7 Å². The van der Waals surface area contributed by atoms with Crippen LogP contribution < -0.4 is 14.9 Å². The van der Waals surface area contributed by atoms with Gasteiger partial charge in [-0.05, 0) is 26.0 Å². The largest absolute Gasteiger partial charge is 0.493 e. The zero-order valence-electron chi connectivity index (χ0n) is 11.6. The SMILES string of the molecule is COc1cc(Br)cc(CNn2cnnc2)c1OC(C)C. The topological polar surface area (TPSA) is 61.2 Å². The normalized spacial score (nSPS) is 10.7. The van der Waals surface area contributed by atoms with E-state index in [4.69, 9.17) is 9.47 Å². The maximum absolute atomic E-state index is 5.87. The quantitative estimate of drug-likeness (QED) is 0.875. The standard InChI is InChI=1S/C13H17BrN4O2/c1-9(2)20-13-10(4-11(14)5-12(13)19-3)6-17-18-7-15-16-8-18/h4-5,7-9,17H,6H2,1-3H3. The van der Waals surface area contributed by atoms with Gasteiger partial charge in [0, 0.05) is 10.0 Å². The Labute approximate surface area is 126 Å². The summed E-state index contributed by atoms with van der Waals surface area (Å²) in [4.78, 5) is 0. The molecule has 0 amide bonds. The molecule has 6 nitrogen and oxygen atoms in total. The molecule has 0 unspecified atom stereocenters. The van der Waals surface area contributed by atoms with Gasteiger partial charge < -0.3 is 14.9 Å². The van der Waals surface area contributed by atoms with Crippen molar-refractivity contribution in [2.75, 3.05) is 12.5 Å². The fourth-order valence-electron chi connectivity index (χ4n) is 1.73. The zero-order chi connectivity index (χ0) is 14.5. The second-order valence-electron chi connectivity index (χ2n) is 4.47. The third kappa shape index (κ3) is 3.63. The molecular weight excluding hydrogens is 324 g/mol. The van der Waals surface area contributed by atoms with Gasteiger partial charge in [-0.25, -0.2) is 4.68 Å². The van der Waals surface area contributed by atoms with Crippen molar-refractivity contribution in [3.8, 4) is 11.5 Å². The number of aromatic nitrogens is 3. The van der Waals surface area contributed by atoms with E-state index in [1.165, 1.54) is 0 Å². The Morgan fingerprint density at radius 1 is 1.30 bits per heavy atom. The molecule has 0 spiro atoms. The number of nitrogens with one attached hydrogen (secondary N) is 1. The molecule has 2 rings (SSSR count). The van der Waals surface area contributed by atoms with E-state index in [9.17, 15) is 0 Å². The lowest BCUT2D eigenvalue weighted by molar-refractivity contribution is 0.227. The summed E-state index contributed by atoms with van der Waals surface area (Å²) in [6, 6.07) is 3.89. The Morgan fingerprint density at radius 2 is 2.00 bits per heavy atom. The van der Waals surface area contributed by atoms with Crippen molar-refractivity contribution in [1.82, 2.24) is 14.9 Å². The second kappa shape index (κ2) is 6.60. The summed E-state index contributed by atoms with van der Waals surface area (Å²) >= 11 is 3.48. The van der Waals surface area contributed by atoms with Gasteiger partial charge in [0.25, 0.3) is 0 Å². The van der Waals surface area contributed by atoms with Gasteiger partial charge in [0.2, 0.25) is 0 Å². The average Bonchev–Trinajstić information content (AvgIpc) is 2.91. The summed E-state index contributed by atoms with van der Waals surface area (Å²) < 4.78 is 13.9. The first-order valence-electron chi connectivity index (χ1n) is 6.21. The minimum absolute atomic E-state index is 0.0683. The number of nitrogens with zero attached hydrogens (tertiary/aromatic N) is 3. The summed E-state index contributed by atoms with van der Waals surface area (Å²) in [6.45, 7) is 4.53. The summed E-state index contributed by atoms with van der Waals surface area (Å²) in [5.41, 5.74) is 4.15. The van der Waals surface area contributed by atoms with Crippen LogP contribution in [0.3, 0.4) is 0 Å². The highest BCUT2D eigenvalue weighted by Gasteiger charge is 2.14. The van der Waals surface area contributed by atoms with Crippen molar-refractivity contribution >= 4 is 15.9 Å².